The van der Waals surface area contributed by atoms with E-state index in [1.54, 1.807) is 23.0 Å². The van der Waals surface area contributed by atoms with Crippen LogP contribution in [0.3, 0.4) is 0 Å². The fourth-order valence-electron chi connectivity index (χ4n) is 1.81. The summed E-state index contributed by atoms with van der Waals surface area (Å²) in [5.74, 6) is 0.582. The van der Waals surface area contributed by atoms with E-state index in [-0.39, 0.29) is 5.78 Å². The molecule has 0 radical (unpaired) electrons. The van der Waals surface area contributed by atoms with E-state index in [4.69, 9.17) is 0 Å². The number of carbonyl (C=O) groups excluding carboxylic acids is 1. The zero-order chi connectivity index (χ0) is 13.2. The van der Waals surface area contributed by atoms with E-state index in [0.29, 0.717) is 11.4 Å². The Labute approximate surface area is 108 Å². The largest absolute Gasteiger partial charge is 0.294 e. The Morgan fingerprint density at radius 2 is 2.00 bits per heavy atom. The molecule has 0 atom stereocenters. The van der Waals surface area contributed by atoms with Crippen molar-refractivity contribution in [3.05, 3.63) is 48.4 Å². The first-order valence-corrected chi connectivity index (χ1v) is 5.65. The lowest BCUT2D eigenvalue weighted by Crippen LogP contribution is -2.05. The van der Waals surface area contributed by atoms with Gasteiger partial charge < -0.3 is 0 Å². The summed E-state index contributed by atoms with van der Waals surface area (Å²) in [6.45, 7) is 1.53. The zero-order valence-electron chi connectivity index (χ0n) is 10.1. The molecular weight excluding hydrogens is 244 g/mol. The molecule has 7 nitrogen and oxygen atoms in total. The summed E-state index contributed by atoms with van der Waals surface area (Å²) in [5.41, 5.74) is 1.35. The average molecular weight is 254 g/mol. The highest BCUT2D eigenvalue weighted by Gasteiger charge is 2.10. The highest BCUT2D eigenvalue weighted by Crippen LogP contribution is 2.15. The third kappa shape index (κ3) is 2.01. The molecule has 0 aliphatic heterocycles. The van der Waals surface area contributed by atoms with Crippen LogP contribution in [0.25, 0.3) is 11.5 Å². The van der Waals surface area contributed by atoms with Gasteiger partial charge in [-0.05, 0) is 29.5 Å². The minimum atomic E-state index is -0.00456. The maximum Gasteiger partial charge on any atom is 0.179 e. The molecule has 0 amide bonds. The van der Waals surface area contributed by atoms with E-state index in [1.165, 1.54) is 17.9 Å². The van der Waals surface area contributed by atoms with E-state index in [2.05, 4.69) is 20.6 Å². The average Bonchev–Trinajstić information content (AvgIpc) is 3.09. The molecule has 0 N–H and O–H groups in total. The number of nitrogens with zero attached hydrogens (tertiary/aromatic N) is 6. The number of hydrogen-bond acceptors (Lipinski definition) is 5. The normalized spacial score (nSPS) is 10.6. The smallest absolute Gasteiger partial charge is 0.179 e. The molecule has 3 rings (SSSR count). The van der Waals surface area contributed by atoms with E-state index >= 15 is 0 Å². The molecule has 7 heteroatoms. The molecule has 2 aromatic heterocycles. The maximum atomic E-state index is 11.6. The molecule has 0 saturated heterocycles. The summed E-state index contributed by atoms with van der Waals surface area (Å²) >= 11 is 0. The van der Waals surface area contributed by atoms with Gasteiger partial charge in [-0.2, -0.15) is 4.68 Å². The van der Waals surface area contributed by atoms with Gasteiger partial charge in [0.15, 0.2) is 11.6 Å². The Balaban J connectivity index is 2.06. The van der Waals surface area contributed by atoms with Crippen molar-refractivity contribution in [2.75, 3.05) is 0 Å². The van der Waals surface area contributed by atoms with Crippen LogP contribution in [0.2, 0.25) is 0 Å². The van der Waals surface area contributed by atoms with Crippen LogP contribution in [0.5, 0.6) is 0 Å². The number of carbonyl (C=O) groups is 1. The third-order valence-corrected chi connectivity index (χ3v) is 2.69. The first-order valence-electron chi connectivity index (χ1n) is 5.65. The van der Waals surface area contributed by atoms with Crippen LogP contribution in [0.1, 0.15) is 17.3 Å². The summed E-state index contributed by atoms with van der Waals surface area (Å²) in [4.78, 5) is 11.6. The number of aromatic nitrogens is 6. The van der Waals surface area contributed by atoms with Crippen molar-refractivity contribution in [2.24, 2.45) is 0 Å². The Morgan fingerprint density at radius 1 is 1.16 bits per heavy atom. The van der Waals surface area contributed by atoms with Gasteiger partial charge in [0.2, 0.25) is 0 Å². The van der Waals surface area contributed by atoms with Gasteiger partial charge in [0.1, 0.15) is 6.33 Å². The molecule has 19 heavy (non-hydrogen) atoms. The fourth-order valence-corrected chi connectivity index (χ4v) is 1.81. The molecule has 0 aliphatic carbocycles. The fraction of sp³-hybridized carbons (Fsp3) is 0.0833. The molecular formula is C12H10N6O. The van der Waals surface area contributed by atoms with Crippen molar-refractivity contribution in [2.45, 2.75) is 6.92 Å². The minimum Gasteiger partial charge on any atom is -0.294 e. The van der Waals surface area contributed by atoms with Gasteiger partial charge in [0, 0.05) is 17.8 Å². The van der Waals surface area contributed by atoms with Crippen molar-refractivity contribution in [1.82, 2.24) is 30.0 Å². The molecule has 3 aromatic rings. The molecule has 0 fully saturated rings. The number of para-hydroxylation sites is 1. The molecule has 0 unspecified atom stereocenters. The zero-order valence-corrected chi connectivity index (χ0v) is 10.1. The van der Waals surface area contributed by atoms with Crippen LogP contribution in [0.4, 0.5) is 0 Å². The van der Waals surface area contributed by atoms with Gasteiger partial charge in [-0.25, -0.2) is 4.68 Å². The summed E-state index contributed by atoms with van der Waals surface area (Å²) in [5, 5.41) is 15.2. The number of hydrogen-bond donors (Lipinski definition) is 0. The Morgan fingerprint density at radius 3 is 2.74 bits per heavy atom. The first kappa shape index (κ1) is 11.3. The van der Waals surface area contributed by atoms with Gasteiger partial charge in [-0.3, -0.25) is 4.79 Å². The molecule has 94 valence electrons. The highest BCUT2D eigenvalue weighted by atomic mass is 16.1. The van der Waals surface area contributed by atoms with Crippen molar-refractivity contribution in [1.29, 1.82) is 0 Å². The SMILES string of the molecule is CC(=O)c1ccccc1-n1ccc(-n2cnnn2)n1. The first-order chi connectivity index (χ1) is 9.25. The highest BCUT2D eigenvalue weighted by molar-refractivity contribution is 5.97. The number of Topliss-reactive ketones (excluding diaryl/α,β-unsaturated/α-hetero) is 1. The van der Waals surface area contributed by atoms with Crippen molar-refractivity contribution in [3.63, 3.8) is 0 Å². The second-order valence-corrected chi connectivity index (χ2v) is 3.95. The van der Waals surface area contributed by atoms with E-state index in [0.717, 1.165) is 5.69 Å². The Kier molecular flexibility index (Phi) is 2.64. The van der Waals surface area contributed by atoms with Gasteiger partial charge in [-0.1, -0.05) is 12.1 Å². The Hall–Kier alpha value is -2.83. The summed E-state index contributed by atoms with van der Waals surface area (Å²) < 4.78 is 3.08. The lowest BCUT2D eigenvalue weighted by Gasteiger charge is -2.06. The topological polar surface area (TPSA) is 78.5 Å². The number of benzene rings is 1. The molecule has 2 heterocycles. The lowest BCUT2D eigenvalue weighted by atomic mass is 10.1. The maximum absolute atomic E-state index is 11.6. The van der Waals surface area contributed by atoms with Gasteiger partial charge in [0.25, 0.3) is 0 Å². The molecule has 0 spiro atoms. The summed E-state index contributed by atoms with van der Waals surface area (Å²) in [6, 6.07) is 9.07. The standard InChI is InChI=1S/C12H10N6O/c1-9(19)10-4-2-3-5-11(10)17-7-6-12(14-17)18-8-13-15-16-18/h2-8H,1H3. The molecule has 0 saturated carbocycles. The number of rotatable bonds is 3. The van der Waals surface area contributed by atoms with Crippen LogP contribution in [0.15, 0.2) is 42.9 Å². The van der Waals surface area contributed by atoms with Gasteiger partial charge >= 0.3 is 0 Å². The third-order valence-electron chi connectivity index (χ3n) is 2.69. The van der Waals surface area contributed by atoms with Gasteiger partial charge in [-0.15, -0.1) is 10.2 Å². The summed E-state index contributed by atoms with van der Waals surface area (Å²) in [6.07, 6.45) is 3.22. The monoisotopic (exact) mass is 254 g/mol. The van der Waals surface area contributed by atoms with Crippen LogP contribution in [0, 0.1) is 0 Å². The quantitative estimate of drug-likeness (QED) is 0.653. The molecule has 1 aromatic carbocycles. The second-order valence-electron chi connectivity index (χ2n) is 3.95. The predicted molar refractivity (Wildman–Crippen MR) is 66.3 cm³/mol. The van der Waals surface area contributed by atoms with Gasteiger partial charge in [0.05, 0.1) is 5.69 Å². The van der Waals surface area contributed by atoms with Crippen LogP contribution >= 0.6 is 0 Å². The van der Waals surface area contributed by atoms with Crippen LogP contribution in [-0.2, 0) is 0 Å². The van der Waals surface area contributed by atoms with Crippen molar-refractivity contribution >= 4 is 5.78 Å². The van der Waals surface area contributed by atoms with E-state index in [1.807, 2.05) is 18.2 Å². The minimum absolute atomic E-state index is 0.00456. The van der Waals surface area contributed by atoms with Crippen molar-refractivity contribution < 1.29 is 4.79 Å². The van der Waals surface area contributed by atoms with Crippen LogP contribution < -0.4 is 0 Å². The number of tetrazole rings is 1. The lowest BCUT2D eigenvalue weighted by molar-refractivity contribution is 0.101. The Bertz CT molecular complexity index is 715. The number of ketones is 1. The second kappa shape index (κ2) is 4.45. The molecule has 0 bridgehead atoms. The molecule has 0 aliphatic rings. The van der Waals surface area contributed by atoms with Crippen molar-refractivity contribution in [3.8, 4) is 11.5 Å². The summed E-state index contributed by atoms with van der Waals surface area (Å²) in [7, 11) is 0. The predicted octanol–water partition coefficient (Wildman–Crippen LogP) is 1.05. The van der Waals surface area contributed by atoms with Crippen LogP contribution in [-0.4, -0.2) is 35.8 Å². The van der Waals surface area contributed by atoms with E-state index in [9.17, 15) is 4.79 Å². The van der Waals surface area contributed by atoms with E-state index < -0.39 is 0 Å².